The monoisotopic (exact) mass is 366 g/mol. The van der Waals surface area contributed by atoms with Gasteiger partial charge in [0, 0.05) is 17.0 Å². The first-order chi connectivity index (χ1) is 12.2. The first-order valence-corrected chi connectivity index (χ1v) is 9.26. The smallest absolute Gasteiger partial charge is 0.253 e. The van der Waals surface area contributed by atoms with Crippen LogP contribution in [-0.4, -0.2) is 26.0 Å². The molecular weight excluding hydrogens is 339 g/mol. The summed E-state index contributed by atoms with van der Waals surface area (Å²) in [5, 5.41) is 6.56. The zero-order chi connectivity index (χ0) is 18.7. The second kappa shape index (κ2) is 11.6. The lowest BCUT2D eigenvalue weighted by Gasteiger charge is -2.10. The van der Waals surface area contributed by atoms with E-state index >= 15 is 0 Å². The number of thiophene rings is 1. The summed E-state index contributed by atoms with van der Waals surface area (Å²) in [6.45, 7) is 4.27. The summed E-state index contributed by atoms with van der Waals surface area (Å²) >= 11 is 1.70. The number of rotatable bonds is 7. The van der Waals surface area contributed by atoms with Gasteiger partial charge >= 0.3 is 0 Å². The van der Waals surface area contributed by atoms with E-state index in [-0.39, 0.29) is 12.5 Å². The number of carbonyl (C=O) groups is 2. The molecule has 0 fully saturated rings. The van der Waals surface area contributed by atoms with Crippen LogP contribution in [-0.2, 0) is 22.4 Å². The summed E-state index contributed by atoms with van der Waals surface area (Å²) in [6, 6.07) is 0. The van der Waals surface area contributed by atoms with Gasteiger partial charge in [-0.2, -0.15) is 0 Å². The Bertz CT molecular complexity index is 636. The highest BCUT2D eigenvalue weighted by molar-refractivity contribution is 7.16. The van der Waals surface area contributed by atoms with Gasteiger partial charge in [-0.1, -0.05) is 18.2 Å². The molecule has 0 spiro atoms. The molecule has 2 amide bonds. The summed E-state index contributed by atoms with van der Waals surface area (Å²) in [5.41, 5.74) is 3.21. The van der Waals surface area contributed by atoms with Gasteiger partial charge in [-0.05, 0) is 57.1 Å². The predicted octanol–water partition coefficient (Wildman–Crippen LogP) is 4.10. The molecule has 1 aromatic heterocycles. The maximum atomic E-state index is 12.5. The van der Waals surface area contributed by atoms with Crippen molar-refractivity contribution in [1.82, 2.24) is 5.32 Å². The SMILES string of the molecule is C/C=C\C/C=C(\CNC=O)C(=O)Nc1sc2c(c1C)CCCC2.CF. The molecule has 4 nitrogen and oxygen atoms in total. The normalized spacial score (nSPS) is 13.7. The molecule has 6 heteroatoms. The number of hydrogen-bond donors (Lipinski definition) is 2. The number of fused-ring (bicyclic) bond motifs is 1. The summed E-state index contributed by atoms with van der Waals surface area (Å²) < 4.78 is 9.50. The summed E-state index contributed by atoms with van der Waals surface area (Å²) in [5.74, 6) is -0.134. The molecule has 2 N–H and O–H groups in total. The molecule has 0 saturated heterocycles. The number of hydrogen-bond acceptors (Lipinski definition) is 3. The number of allylic oxidation sites excluding steroid dienone is 3. The van der Waals surface area contributed by atoms with Crippen molar-refractivity contribution in [2.45, 2.75) is 46.0 Å². The molecule has 0 saturated carbocycles. The van der Waals surface area contributed by atoms with E-state index in [1.54, 1.807) is 11.3 Å². The zero-order valence-corrected chi connectivity index (χ0v) is 16.0. The Morgan fingerprint density at radius 1 is 1.28 bits per heavy atom. The largest absolute Gasteiger partial charge is 0.354 e. The van der Waals surface area contributed by atoms with Crippen molar-refractivity contribution >= 4 is 28.7 Å². The van der Waals surface area contributed by atoms with Gasteiger partial charge < -0.3 is 10.6 Å². The molecule has 0 radical (unpaired) electrons. The molecule has 1 aliphatic rings. The third-order valence-corrected chi connectivity index (χ3v) is 5.38. The lowest BCUT2D eigenvalue weighted by molar-refractivity contribution is -0.113. The van der Waals surface area contributed by atoms with Gasteiger partial charge in [0.25, 0.3) is 5.91 Å². The van der Waals surface area contributed by atoms with Crippen molar-refractivity contribution in [3.8, 4) is 0 Å². The quantitative estimate of drug-likeness (QED) is 0.434. The average molecular weight is 367 g/mol. The van der Waals surface area contributed by atoms with E-state index in [4.69, 9.17) is 0 Å². The van der Waals surface area contributed by atoms with Crippen LogP contribution in [0, 0.1) is 6.92 Å². The van der Waals surface area contributed by atoms with Gasteiger partial charge in [0.2, 0.25) is 6.41 Å². The minimum Gasteiger partial charge on any atom is -0.354 e. The standard InChI is InChI=1S/C18H24N2O2S.CH3F/c1-3-4-5-8-14(11-19-12-21)17(22)20-18-13(2)15-9-6-7-10-16(15)23-18;1-2/h3-4,8,12H,5-7,9-11H2,1-2H3,(H,19,21)(H,20,22);1H3/b4-3-,14-8+;. The molecule has 138 valence electrons. The van der Waals surface area contributed by atoms with Gasteiger partial charge in [-0.15, -0.1) is 11.3 Å². The van der Waals surface area contributed by atoms with E-state index in [0.717, 1.165) is 17.8 Å². The molecule has 25 heavy (non-hydrogen) atoms. The van der Waals surface area contributed by atoms with Crippen LogP contribution in [0.15, 0.2) is 23.8 Å². The minimum absolute atomic E-state index is 0.134. The number of anilines is 1. The van der Waals surface area contributed by atoms with Crippen LogP contribution in [0.5, 0.6) is 0 Å². The molecule has 0 unspecified atom stereocenters. The maximum Gasteiger partial charge on any atom is 0.253 e. The molecule has 1 aliphatic carbocycles. The van der Waals surface area contributed by atoms with Gasteiger partial charge in [0.15, 0.2) is 0 Å². The Labute approximate surface area is 153 Å². The van der Waals surface area contributed by atoms with E-state index in [2.05, 4.69) is 17.6 Å². The van der Waals surface area contributed by atoms with E-state index in [1.807, 2.05) is 25.2 Å². The molecule has 0 aliphatic heterocycles. The molecule has 0 aromatic carbocycles. The van der Waals surface area contributed by atoms with Gasteiger partial charge in [-0.25, -0.2) is 0 Å². The second-order valence-corrected chi connectivity index (χ2v) is 6.76. The average Bonchev–Trinajstić information content (AvgIpc) is 2.95. The minimum atomic E-state index is -0.134. The molecular formula is C19H27FN2O2S. The second-order valence-electron chi connectivity index (χ2n) is 5.65. The van der Waals surface area contributed by atoms with E-state index in [9.17, 15) is 14.0 Å². The number of halogens is 1. The van der Waals surface area contributed by atoms with Crippen molar-refractivity contribution < 1.29 is 14.0 Å². The number of carbonyl (C=O) groups excluding carboxylic acids is 2. The number of alkyl halides is 1. The summed E-state index contributed by atoms with van der Waals surface area (Å²) in [6.07, 6.45) is 11.8. The van der Waals surface area contributed by atoms with Crippen LogP contribution in [0.25, 0.3) is 0 Å². The molecule has 2 rings (SSSR count). The van der Waals surface area contributed by atoms with Crippen molar-refractivity contribution in [2.75, 3.05) is 19.0 Å². The topological polar surface area (TPSA) is 58.2 Å². The Hall–Kier alpha value is -1.95. The maximum absolute atomic E-state index is 12.5. The van der Waals surface area contributed by atoms with Crippen molar-refractivity contribution in [1.29, 1.82) is 0 Å². The van der Waals surface area contributed by atoms with Crippen molar-refractivity contribution in [2.24, 2.45) is 0 Å². The van der Waals surface area contributed by atoms with Gasteiger partial charge in [-0.3, -0.25) is 14.0 Å². The van der Waals surface area contributed by atoms with Crippen LogP contribution < -0.4 is 10.6 Å². The van der Waals surface area contributed by atoms with Gasteiger partial charge in [0.05, 0.1) is 12.2 Å². The third kappa shape index (κ3) is 6.12. The van der Waals surface area contributed by atoms with E-state index in [0.29, 0.717) is 25.6 Å². The highest BCUT2D eigenvalue weighted by Crippen LogP contribution is 2.37. The molecule has 0 atom stereocenters. The van der Waals surface area contributed by atoms with E-state index in [1.165, 1.54) is 28.8 Å². The first-order valence-electron chi connectivity index (χ1n) is 8.44. The number of aryl methyl sites for hydroxylation is 1. The highest BCUT2D eigenvalue weighted by atomic mass is 32.1. The summed E-state index contributed by atoms with van der Waals surface area (Å²) in [4.78, 5) is 24.5. The van der Waals surface area contributed by atoms with Crippen LogP contribution >= 0.6 is 11.3 Å². The summed E-state index contributed by atoms with van der Waals surface area (Å²) in [7, 11) is 0.500. The Balaban J connectivity index is 0.00000151. The molecule has 0 bridgehead atoms. The zero-order valence-electron chi connectivity index (χ0n) is 15.2. The fourth-order valence-corrected chi connectivity index (χ4v) is 4.06. The predicted molar refractivity (Wildman–Crippen MR) is 103 cm³/mol. The van der Waals surface area contributed by atoms with Gasteiger partial charge in [0.1, 0.15) is 0 Å². The lowest BCUT2D eigenvalue weighted by atomic mass is 9.96. The van der Waals surface area contributed by atoms with Crippen LogP contribution in [0.3, 0.4) is 0 Å². The number of nitrogens with one attached hydrogen (secondary N) is 2. The Morgan fingerprint density at radius 3 is 2.64 bits per heavy atom. The van der Waals surface area contributed by atoms with Crippen LogP contribution in [0.2, 0.25) is 0 Å². The van der Waals surface area contributed by atoms with E-state index < -0.39 is 0 Å². The third-order valence-electron chi connectivity index (χ3n) is 4.07. The van der Waals surface area contributed by atoms with Crippen molar-refractivity contribution in [3.05, 3.63) is 39.8 Å². The van der Waals surface area contributed by atoms with Crippen molar-refractivity contribution in [3.63, 3.8) is 0 Å². The number of amides is 2. The fourth-order valence-electron chi connectivity index (χ4n) is 2.77. The lowest BCUT2D eigenvalue weighted by Crippen LogP contribution is -2.24. The molecule has 1 heterocycles. The highest BCUT2D eigenvalue weighted by Gasteiger charge is 2.20. The van der Waals surface area contributed by atoms with Crippen LogP contribution in [0.1, 0.15) is 42.2 Å². The Morgan fingerprint density at radius 2 is 2.00 bits per heavy atom. The molecule has 1 aromatic rings. The fraction of sp³-hybridized carbons (Fsp3) is 0.474. The Kier molecular flexibility index (Phi) is 9.77. The van der Waals surface area contributed by atoms with Crippen LogP contribution in [0.4, 0.5) is 9.39 Å². The first kappa shape index (κ1) is 21.1.